The first kappa shape index (κ1) is 25.2. The van der Waals surface area contributed by atoms with Gasteiger partial charge in [-0.25, -0.2) is 18.0 Å². The maximum Gasteiger partial charge on any atom is 0.339 e. The van der Waals surface area contributed by atoms with Gasteiger partial charge in [0.05, 0.1) is 43.0 Å². The fourth-order valence-electron chi connectivity index (χ4n) is 3.02. The van der Waals surface area contributed by atoms with Gasteiger partial charge in [-0.05, 0) is 49.7 Å². The molecule has 0 spiro atoms. The summed E-state index contributed by atoms with van der Waals surface area (Å²) in [5.74, 6) is -2.19. The van der Waals surface area contributed by atoms with Gasteiger partial charge >= 0.3 is 11.9 Å². The molecule has 0 saturated carbocycles. The Morgan fingerprint density at radius 1 is 1.03 bits per heavy atom. The van der Waals surface area contributed by atoms with Crippen molar-refractivity contribution in [2.45, 2.75) is 19.9 Å². The Bertz CT molecular complexity index is 1160. The van der Waals surface area contributed by atoms with E-state index in [0.717, 1.165) is 17.7 Å². The molecule has 1 atom stereocenters. The fourth-order valence-corrected chi connectivity index (χ4v) is 4.41. The van der Waals surface area contributed by atoms with E-state index in [1.54, 1.807) is 19.1 Å². The van der Waals surface area contributed by atoms with E-state index in [9.17, 15) is 22.8 Å². The number of anilines is 2. The minimum Gasteiger partial charge on any atom is -0.465 e. The molecule has 2 aromatic rings. The second-order valence-corrected chi connectivity index (χ2v) is 9.19. The lowest BCUT2D eigenvalue weighted by molar-refractivity contribution is -0.116. The van der Waals surface area contributed by atoms with E-state index >= 15 is 0 Å². The number of carbonyl (C=O) groups excluding carboxylic acids is 3. The van der Waals surface area contributed by atoms with Crippen LogP contribution in [0.5, 0.6) is 0 Å². The number of benzene rings is 2. The van der Waals surface area contributed by atoms with Gasteiger partial charge in [-0.2, -0.15) is 0 Å². The third kappa shape index (κ3) is 5.57. The maximum atomic E-state index is 13.1. The van der Waals surface area contributed by atoms with Crippen LogP contribution in [0.15, 0.2) is 36.4 Å². The van der Waals surface area contributed by atoms with E-state index in [-0.39, 0.29) is 22.5 Å². The summed E-state index contributed by atoms with van der Waals surface area (Å²) >= 11 is 6.04. The molecule has 9 nitrogen and oxygen atoms in total. The van der Waals surface area contributed by atoms with Crippen LogP contribution in [0.4, 0.5) is 11.4 Å². The van der Waals surface area contributed by atoms with Gasteiger partial charge < -0.3 is 14.8 Å². The molecule has 0 fully saturated rings. The van der Waals surface area contributed by atoms with Crippen molar-refractivity contribution in [2.75, 3.05) is 30.1 Å². The van der Waals surface area contributed by atoms with Gasteiger partial charge in [0.2, 0.25) is 15.9 Å². The van der Waals surface area contributed by atoms with E-state index in [1.165, 1.54) is 38.3 Å². The van der Waals surface area contributed by atoms with Crippen molar-refractivity contribution in [2.24, 2.45) is 0 Å². The number of sulfonamides is 1. The van der Waals surface area contributed by atoms with Gasteiger partial charge in [0.1, 0.15) is 6.04 Å². The highest BCUT2D eigenvalue weighted by atomic mass is 35.5. The topological polar surface area (TPSA) is 119 Å². The molecule has 0 unspecified atom stereocenters. The number of rotatable bonds is 7. The van der Waals surface area contributed by atoms with Crippen LogP contribution in [-0.2, 0) is 24.3 Å². The van der Waals surface area contributed by atoms with Crippen molar-refractivity contribution >= 4 is 50.8 Å². The second-order valence-electron chi connectivity index (χ2n) is 6.90. The van der Waals surface area contributed by atoms with Gasteiger partial charge in [-0.3, -0.25) is 9.10 Å². The molecule has 0 aliphatic carbocycles. The Morgan fingerprint density at radius 3 is 2.22 bits per heavy atom. The molecule has 0 aliphatic heterocycles. The zero-order valence-corrected chi connectivity index (χ0v) is 19.7. The van der Waals surface area contributed by atoms with Crippen molar-refractivity contribution in [1.82, 2.24) is 0 Å². The van der Waals surface area contributed by atoms with Crippen LogP contribution in [0.3, 0.4) is 0 Å². The first-order chi connectivity index (χ1) is 14.9. The molecule has 172 valence electrons. The van der Waals surface area contributed by atoms with Crippen molar-refractivity contribution in [3.8, 4) is 0 Å². The summed E-state index contributed by atoms with van der Waals surface area (Å²) in [5.41, 5.74) is 0.841. The van der Waals surface area contributed by atoms with Crippen LogP contribution in [0.25, 0.3) is 0 Å². The van der Waals surface area contributed by atoms with Crippen molar-refractivity contribution in [3.63, 3.8) is 0 Å². The third-order valence-corrected chi connectivity index (χ3v) is 6.06. The Kier molecular flexibility index (Phi) is 7.87. The number of aryl methyl sites for hydroxylation is 1. The molecule has 2 rings (SSSR count). The van der Waals surface area contributed by atoms with Gasteiger partial charge in [0.25, 0.3) is 0 Å². The number of halogens is 1. The summed E-state index contributed by atoms with van der Waals surface area (Å²) in [4.78, 5) is 37.1. The Balaban J connectivity index is 2.50. The quantitative estimate of drug-likeness (QED) is 0.602. The molecule has 2 aromatic carbocycles. The molecule has 32 heavy (non-hydrogen) atoms. The fraction of sp³-hybridized carbons (Fsp3) is 0.286. The number of hydrogen-bond acceptors (Lipinski definition) is 7. The summed E-state index contributed by atoms with van der Waals surface area (Å²) < 4.78 is 35.5. The van der Waals surface area contributed by atoms with Crippen LogP contribution < -0.4 is 9.62 Å². The second kappa shape index (κ2) is 10.0. The summed E-state index contributed by atoms with van der Waals surface area (Å²) in [6.07, 6.45) is 0.967. The van der Waals surface area contributed by atoms with Crippen molar-refractivity contribution in [1.29, 1.82) is 0 Å². The maximum absolute atomic E-state index is 13.1. The number of nitrogens with zero attached hydrogens (tertiary/aromatic N) is 1. The van der Waals surface area contributed by atoms with Gasteiger partial charge in [-0.1, -0.05) is 17.7 Å². The summed E-state index contributed by atoms with van der Waals surface area (Å²) in [6, 6.07) is 7.34. The number of carbonyl (C=O) groups is 3. The molecule has 1 N–H and O–H groups in total. The Morgan fingerprint density at radius 2 is 1.66 bits per heavy atom. The SMILES string of the molecule is COC(=O)c1ccc(C(=O)OC)c(NC(=O)[C@H](C)N(c2cc(Cl)ccc2C)S(C)(=O)=O)c1. The lowest BCUT2D eigenvalue weighted by Gasteiger charge is -2.29. The molecule has 0 aromatic heterocycles. The highest BCUT2D eigenvalue weighted by molar-refractivity contribution is 7.92. The molecule has 11 heteroatoms. The minimum atomic E-state index is -3.90. The molecule has 0 saturated heterocycles. The molecule has 0 radical (unpaired) electrons. The summed E-state index contributed by atoms with van der Waals surface area (Å²) in [7, 11) is -1.55. The molecule has 0 aliphatic rings. The predicted octanol–water partition coefficient (Wildman–Crippen LogP) is 3.01. The summed E-state index contributed by atoms with van der Waals surface area (Å²) in [5, 5.41) is 2.81. The number of nitrogens with one attached hydrogen (secondary N) is 1. The molecule has 0 bridgehead atoms. The first-order valence-corrected chi connectivity index (χ1v) is 11.5. The van der Waals surface area contributed by atoms with Crippen LogP contribution in [-0.4, -0.2) is 52.8 Å². The van der Waals surface area contributed by atoms with E-state index < -0.39 is 33.9 Å². The zero-order chi connectivity index (χ0) is 24.2. The van der Waals surface area contributed by atoms with Crippen LogP contribution in [0.1, 0.15) is 33.2 Å². The average molecular weight is 483 g/mol. The van der Waals surface area contributed by atoms with Gasteiger partial charge in [-0.15, -0.1) is 0 Å². The molecular weight excluding hydrogens is 460 g/mol. The van der Waals surface area contributed by atoms with Gasteiger partial charge in [0, 0.05) is 5.02 Å². The Hall–Kier alpha value is -3.11. The standard InChI is InChI=1S/C21H23ClN2O7S/c1-12-6-8-15(22)11-18(12)24(32(5,28)29)13(2)19(25)23-17-10-14(20(26)30-3)7-9-16(17)21(27)31-4/h6-11,13H,1-5H3,(H,23,25)/t13-/m0/s1. The largest absolute Gasteiger partial charge is 0.465 e. The molecular formula is C21H23ClN2O7S. The zero-order valence-electron chi connectivity index (χ0n) is 18.1. The number of amides is 1. The van der Waals surface area contributed by atoms with E-state index in [2.05, 4.69) is 10.1 Å². The average Bonchev–Trinajstić information content (AvgIpc) is 2.74. The lowest BCUT2D eigenvalue weighted by atomic mass is 10.1. The van der Waals surface area contributed by atoms with Gasteiger partial charge in [0.15, 0.2) is 0 Å². The van der Waals surface area contributed by atoms with Crippen LogP contribution in [0, 0.1) is 6.92 Å². The van der Waals surface area contributed by atoms with Crippen molar-refractivity contribution < 1.29 is 32.3 Å². The highest BCUT2D eigenvalue weighted by Crippen LogP contribution is 2.29. The van der Waals surface area contributed by atoms with Crippen LogP contribution >= 0.6 is 11.6 Å². The lowest BCUT2D eigenvalue weighted by Crippen LogP contribution is -2.45. The number of ether oxygens (including phenoxy) is 2. The van der Waals surface area contributed by atoms with E-state index in [4.69, 9.17) is 16.3 Å². The normalized spacial score (nSPS) is 11.9. The smallest absolute Gasteiger partial charge is 0.339 e. The monoisotopic (exact) mass is 482 g/mol. The predicted molar refractivity (Wildman–Crippen MR) is 121 cm³/mol. The minimum absolute atomic E-state index is 0.0226. The number of esters is 2. The molecule has 1 amide bonds. The molecule has 0 heterocycles. The van der Waals surface area contributed by atoms with E-state index in [0.29, 0.717) is 10.6 Å². The Labute approximate surface area is 191 Å². The van der Waals surface area contributed by atoms with Crippen LogP contribution in [0.2, 0.25) is 5.02 Å². The van der Waals surface area contributed by atoms with E-state index in [1.807, 2.05) is 0 Å². The number of hydrogen-bond donors (Lipinski definition) is 1. The third-order valence-electron chi connectivity index (χ3n) is 4.60. The summed E-state index contributed by atoms with van der Waals surface area (Å²) in [6.45, 7) is 3.07. The van der Waals surface area contributed by atoms with Crippen molar-refractivity contribution in [3.05, 3.63) is 58.1 Å². The number of methoxy groups -OCH3 is 2. The first-order valence-electron chi connectivity index (χ1n) is 9.27. The highest BCUT2D eigenvalue weighted by Gasteiger charge is 2.31.